The fraction of sp³-hybridized carbons (Fsp3) is 0.600. The van der Waals surface area contributed by atoms with E-state index in [2.05, 4.69) is 12.0 Å². The van der Waals surface area contributed by atoms with Crippen molar-refractivity contribution in [3.63, 3.8) is 0 Å². The van der Waals surface area contributed by atoms with Gasteiger partial charge in [-0.2, -0.15) is 0 Å². The molecule has 0 unspecified atom stereocenters. The summed E-state index contributed by atoms with van der Waals surface area (Å²) in [4.78, 5) is 0. The van der Waals surface area contributed by atoms with E-state index in [9.17, 15) is 0 Å². The van der Waals surface area contributed by atoms with Crippen LogP contribution in [0, 0.1) is 0 Å². The van der Waals surface area contributed by atoms with Crippen molar-refractivity contribution in [2.24, 2.45) is 0 Å². The highest BCUT2D eigenvalue weighted by molar-refractivity contribution is 4.43. The van der Waals surface area contributed by atoms with Crippen LogP contribution in [-0.4, -0.2) is 9.78 Å². The quantitative estimate of drug-likeness (QED) is 0.421. The Balaban J connectivity index is 2.61. The van der Waals surface area contributed by atoms with Crippen molar-refractivity contribution in [3.8, 4) is 0 Å². The van der Waals surface area contributed by atoms with Crippen LogP contribution in [0.4, 0.5) is 0 Å². The highest BCUT2D eigenvalue weighted by Crippen LogP contribution is 1.80. The summed E-state index contributed by atoms with van der Waals surface area (Å²) in [5, 5.41) is 3.96. The Morgan fingerprint density at radius 2 is 2.56 bits per heavy atom. The Bertz CT molecular complexity index is 181. The van der Waals surface area contributed by atoms with E-state index >= 15 is 0 Å². The van der Waals surface area contributed by atoms with Gasteiger partial charge in [0.05, 0.1) is 0 Å². The molecule has 1 heterocycles. The number of hydrogen-bond acceptors (Lipinski definition) is 2. The zero-order valence-electron chi connectivity index (χ0n) is 5.49. The third kappa shape index (κ3) is 1.42. The largest absolute Gasteiger partial charge is 0.289 e. The van der Waals surface area contributed by atoms with Crippen molar-refractivity contribution < 1.29 is 4.68 Å². The lowest BCUT2D eigenvalue weighted by Gasteiger charge is -1.83. The molecule has 0 amide bonds. The van der Waals surface area contributed by atoms with Crippen molar-refractivity contribution in [1.29, 1.82) is 0 Å². The fourth-order valence-corrected chi connectivity index (χ4v) is 0.684. The summed E-state index contributed by atoms with van der Waals surface area (Å²) in [5.74, 6) is 5.34. The number of rotatable bonds is 2. The molecule has 0 fully saturated rings. The van der Waals surface area contributed by atoms with Crippen molar-refractivity contribution in [1.82, 2.24) is 9.78 Å². The lowest BCUT2D eigenvalue weighted by atomic mass is 10.5. The predicted octanol–water partition coefficient (Wildman–Crippen LogP) is -0.706. The molecule has 1 aromatic heterocycles. The van der Waals surface area contributed by atoms with E-state index in [1.165, 1.54) is 4.68 Å². The van der Waals surface area contributed by atoms with Gasteiger partial charge in [-0.3, -0.25) is 5.84 Å². The van der Waals surface area contributed by atoms with Gasteiger partial charge in [-0.1, -0.05) is 6.92 Å². The molecule has 4 nitrogen and oxygen atoms in total. The van der Waals surface area contributed by atoms with Crippen LogP contribution >= 0.6 is 0 Å². The van der Waals surface area contributed by atoms with Crippen molar-refractivity contribution >= 4 is 0 Å². The van der Waals surface area contributed by atoms with Crippen LogP contribution in [0.1, 0.15) is 13.3 Å². The Morgan fingerprint density at radius 1 is 1.78 bits per heavy atom. The van der Waals surface area contributed by atoms with E-state index in [1.807, 2.05) is 0 Å². The fourth-order valence-electron chi connectivity index (χ4n) is 0.684. The number of nitrogen functional groups attached to an aromatic ring is 1. The molecule has 0 aliphatic heterocycles. The average molecular weight is 127 g/mol. The predicted molar refractivity (Wildman–Crippen MR) is 32.9 cm³/mol. The zero-order valence-corrected chi connectivity index (χ0v) is 5.49. The van der Waals surface area contributed by atoms with Gasteiger partial charge < -0.3 is 0 Å². The third-order valence-corrected chi connectivity index (χ3v) is 1.05. The zero-order chi connectivity index (χ0) is 6.69. The number of nitrogens with two attached hydrogens (primary N) is 1. The van der Waals surface area contributed by atoms with Gasteiger partial charge in [0, 0.05) is 5.10 Å². The van der Waals surface area contributed by atoms with Crippen LogP contribution in [0.2, 0.25) is 0 Å². The van der Waals surface area contributed by atoms with E-state index in [4.69, 9.17) is 5.84 Å². The molecule has 50 valence electrons. The minimum absolute atomic E-state index is 0.935. The van der Waals surface area contributed by atoms with Gasteiger partial charge >= 0.3 is 0 Å². The van der Waals surface area contributed by atoms with Crippen LogP contribution in [0.25, 0.3) is 0 Å². The Morgan fingerprint density at radius 3 is 3.00 bits per heavy atom. The van der Waals surface area contributed by atoms with Crippen LogP contribution in [0.5, 0.6) is 0 Å². The van der Waals surface area contributed by atoms with Crippen LogP contribution in [0.15, 0.2) is 12.7 Å². The minimum atomic E-state index is 0.935. The topological polar surface area (TPSA) is 47.7 Å². The SMILES string of the molecule is CCCn1c[n+](N)cn1. The van der Waals surface area contributed by atoms with E-state index in [0.29, 0.717) is 0 Å². The first-order valence-corrected chi connectivity index (χ1v) is 3.01. The summed E-state index contributed by atoms with van der Waals surface area (Å²) in [5.41, 5.74) is 0. The monoisotopic (exact) mass is 127 g/mol. The van der Waals surface area contributed by atoms with Gasteiger partial charge in [-0.15, -0.1) is 9.36 Å². The lowest BCUT2D eigenvalue weighted by molar-refractivity contribution is -0.639. The number of aryl methyl sites for hydroxylation is 1. The maximum Gasteiger partial charge on any atom is 0.286 e. The molecule has 0 atom stereocenters. The molecule has 9 heavy (non-hydrogen) atoms. The molecule has 2 N–H and O–H groups in total. The van der Waals surface area contributed by atoms with Gasteiger partial charge in [0.2, 0.25) is 6.33 Å². The van der Waals surface area contributed by atoms with Crippen LogP contribution in [-0.2, 0) is 6.54 Å². The smallest absolute Gasteiger partial charge is 0.286 e. The molecule has 0 aliphatic carbocycles. The molecule has 0 radical (unpaired) electrons. The van der Waals surface area contributed by atoms with Crippen molar-refractivity contribution in [2.45, 2.75) is 19.9 Å². The lowest BCUT2D eigenvalue weighted by Crippen LogP contribution is -2.41. The molecule has 1 aromatic rings. The maximum absolute atomic E-state index is 5.34. The summed E-state index contributed by atoms with van der Waals surface area (Å²) in [6.45, 7) is 3.03. The van der Waals surface area contributed by atoms with Crippen molar-refractivity contribution in [2.75, 3.05) is 5.84 Å². The summed E-state index contributed by atoms with van der Waals surface area (Å²) >= 11 is 0. The second-order valence-electron chi connectivity index (χ2n) is 1.96. The minimum Gasteiger partial charge on any atom is -0.289 e. The van der Waals surface area contributed by atoms with Gasteiger partial charge in [0.25, 0.3) is 6.33 Å². The summed E-state index contributed by atoms with van der Waals surface area (Å²) in [7, 11) is 0. The number of aromatic nitrogens is 3. The maximum atomic E-state index is 5.34. The molecule has 0 aromatic carbocycles. The average Bonchev–Trinajstić information content (AvgIpc) is 2.17. The molecule has 0 bridgehead atoms. The Hall–Kier alpha value is -1.06. The van der Waals surface area contributed by atoms with Gasteiger partial charge in [0.1, 0.15) is 6.54 Å². The number of hydrogen-bond donors (Lipinski definition) is 1. The first kappa shape index (κ1) is 6.07. The molecule has 0 aliphatic rings. The van der Waals surface area contributed by atoms with Crippen LogP contribution < -0.4 is 10.5 Å². The molecule has 1 rings (SSSR count). The summed E-state index contributed by atoms with van der Waals surface area (Å²) in [6.07, 6.45) is 4.42. The van der Waals surface area contributed by atoms with E-state index < -0.39 is 0 Å². The highest BCUT2D eigenvalue weighted by atomic mass is 15.4. The third-order valence-electron chi connectivity index (χ3n) is 1.05. The summed E-state index contributed by atoms with van der Waals surface area (Å²) in [6, 6.07) is 0. The van der Waals surface area contributed by atoms with Gasteiger partial charge in [-0.25, -0.2) is 0 Å². The second-order valence-corrected chi connectivity index (χ2v) is 1.96. The van der Waals surface area contributed by atoms with Crippen LogP contribution in [0.3, 0.4) is 0 Å². The molecular weight excluding hydrogens is 116 g/mol. The normalized spacial score (nSPS) is 9.89. The van der Waals surface area contributed by atoms with E-state index in [0.717, 1.165) is 13.0 Å². The highest BCUT2D eigenvalue weighted by Gasteiger charge is 1.98. The molecule has 0 spiro atoms. The first-order chi connectivity index (χ1) is 4.33. The first-order valence-electron chi connectivity index (χ1n) is 3.01. The Labute approximate surface area is 53.9 Å². The molecular formula is C5H11N4+. The summed E-state index contributed by atoms with van der Waals surface area (Å²) < 4.78 is 3.25. The molecule has 0 saturated carbocycles. The van der Waals surface area contributed by atoms with Gasteiger partial charge in [-0.05, 0) is 6.42 Å². The van der Waals surface area contributed by atoms with E-state index in [1.54, 1.807) is 17.3 Å². The molecule has 0 saturated heterocycles. The van der Waals surface area contributed by atoms with Crippen molar-refractivity contribution in [3.05, 3.63) is 12.7 Å². The standard InChI is InChI=1S/C5H11N4/c1-2-3-9-5-8(6)4-7-9/h4-5H,2-3,6H2,1H3/q+1. The van der Waals surface area contributed by atoms with E-state index in [-0.39, 0.29) is 0 Å². The van der Waals surface area contributed by atoms with Gasteiger partial charge in [0.15, 0.2) is 0 Å². The second kappa shape index (κ2) is 2.48. The number of nitrogens with zero attached hydrogens (tertiary/aromatic N) is 3. The Kier molecular flexibility index (Phi) is 1.67. The molecule has 4 heteroatoms.